The topological polar surface area (TPSA) is 35.9 Å². The third kappa shape index (κ3) is 9.09. The van der Waals surface area contributed by atoms with E-state index in [4.69, 9.17) is 4.74 Å². The summed E-state index contributed by atoms with van der Waals surface area (Å²) in [5.74, 6) is 0. The van der Waals surface area contributed by atoms with E-state index in [-0.39, 0.29) is 6.10 Å². The summed E-state index contributed by atoms with van der Waals surface area (Å²) in [6.45, 7) is 9.02. The Morgan fingerprint density at radius 1 is 1.19 bits per heavy atom. The molecule has 1 atom stereocenters. The van der Waals surface area contributed by atoms with Gasteiger partial charge in [-0.05, 0) is 47.1 Å². The van der Waals surface area contributed by atoms with Crippen LogP contribution in [-0.2, 0) is 4.74 Å². The summed E-state index contributed by atoms with van der Waals surface area (Å²) in [6, 6.07) is 0. The molecule has 0 fully saturated rings. The minimum atomic E-state index is -0.362. The number of hydrogen-bond donors (Lipinski definition) is 1. The third-order valence-electron chi connectivity index (χ3n) is 2.51. The zero-order chi connectivity index (χ0) is 12.4. The van der Waals surface area contributed by atoms with Gasteiger partial charge < -0.3 is 19.6 Å². The van der Waals surface area contributed by atoms with Crippen LogP contribution in [0.2, 0.25) is 0 Å². The molecule has 0 aromatic heterocycles. The van der Waals surface area contributed by atoms with Gasteiger partial charge in [0.1, 0.15) is 0 Å². The molecule has 0 saturated heterocycles. The van der Waals surface area contributed by atoms with Gasteiger partial charge in [0.05, 0.1) is 12.7 Å². The van der Waals surface area contributed by atoms with Crippen molar-refractivity contribution >= 4 is 0 Å². The van der Waals surface area contributed by atoms with Crippen molar-refractivity contribution < 1.29 is 9.84 Å². The molecule has 0 amide bonds. The molecule has 1 unspecified atom stereocenters. The summed E-state index contributed by atoms with van der Waals surface area (Å²) in [6.07, 6.45) is 0.779. The summed E-state index contributed by atoms with van der Waals surface area (Å²) in [5, 5.41) is 9.71. The Morgan fingerprint density at radius 3 is 2.38 bits per heavy atom. The van der Waals surface area contributed by atoms with Crippen LogP contribution in [0.5, 0.6) is 0 Å². The third-order valence-corrected chi connectivity index (χ3v) is 2.51. The van der Waals surface area contributed by atoms with Crippen LogP contribution < -0.4 is 0 Å². The highest BCUT2D eigenvalue weighted by atomic mass is 16.5. The van der Waals surface area contributed by atoms with Gasteiger partial charge in [0.25, 0.3) is 0 Å². The Morgan fingerprint density at radius 2 is 1.88 bits per heavy atom. The number of ether oxygens (including phenoxy) is 1. The molecule has 4 nitrogen and oxygen atoms in total. The molecule has 0 rings (SSSR count). The molecule has 0 aromatic carbocycles. The van der Waals surface area contributed by atoms with Crippen LogP contribution in [0.25, 0.3) is 0 Å². The van der Waals surface area contributed by atoms with Crippen molar-refractivity contribution in [2.45, 2.75) is 26.4 Å². The van der Waals surface area contributed by atoms with Crippen molar-refractivity contribution in [3.05, 3.63) is 0 Å². The molecule has 0 aromatic rings. The molecule has 16 heavy (non-hydrogen) atoms. The Kier molecular flexibility index (Phi) is 9.92. The maximum Gasteiger partial charge on any atom is 0.0900 e. The second-order valence-electron chi connectivity index (χ2n) is 4.36. The lowest BCUT2D eigenvalue weighted by molar-refractivity contribution is 0.0216. The van der Waals surface area contributed by atoms with E-state index in [1.165, 1.54) is 0 Å². The molecule has 4 heteroatoms. The van der Waals surface area contributed by atoms with E-state index in [1.807, 2.05) is 6.92 Å². The number of hydrogen-bond acceptors (Lipinski definition) is 4. The van der Waals surface area contributed by atoms with Crippen molar-refractivity contribution in [2.24, 2.45) is 0 Å². The number of aliphatic hydroxyl groups excluding tert-OH is 1. The number of rotatable bonds is 10. The van der Waals surface area contributed by atoms with Crippen molar-refractivity contribution in [1.29, 1.82) is 0 Å². The van der Waals surface area contributed by atoms with Gasteiger partial charge >= 0.3 is 0 Å². The van der Waals surface area contributed by atoms with E-state index in [2.05, 4.69) is 30.8 Å². The maximum atomic E-state index is 9.71. The fraction of sp³-hybridized carbons (Fsp3) is 1.00. The normalized spacial score (nSPS) is 13.7. The lowest BCUT2D eigenvalue weighted by Crippen LogP contribution is -2.36. The second-order valence-corrected chi connectivity index (χ2v) is 4.36. The van der Waals surface area contributed by atoms with Crippen LogP contribution in [-0.4, -0.2) is 74.5 Å². The van der Waals surface area contributed by atoms with Crippen LogP contribution in [0.15, 0.2) is 0 Å². The molecular weight excluding hydrogens is 204 g/mol. The summed E-state index contributed by atoms with van der Waals surface area (Å²) >= 11 is 0. The number of nitrogens with zero attached hydrogens (tertiary/aromatic N) is 2. The molecule has 0 heterocycles. The van der Waals surface area contributed by atoms with Gasteiger partial charge in [-0.15, -0.1) is 0 Å². The van der Waals surface area contributed by atoms with Gasteiger partial charge in [-0.2, -0.15) is 0 Å². The quantitative estimate of drug-likeness (QED) is 0.600. The monoisotopic (exact) mass is 232 g/mol. The molecule has 0 saturated carbocycles. The predicted molar refractivity (Wildman–Crippen MR) is 67.8 cm³/mol. The standard InChI is InChI=1S/C12H28N2O2/c1-5-14(9-7-8-13(3)4)10-12(15)11-16-6-2/h12,15H,5-11H2,1-4H3. The van der Waals surface area contributed by atoms with Crippen molar-refractivity contribution in [1.82, 2.24) is 9.80 Å². The highest BCUT2D eigenvalue weighted by Gasteiger charge is 2.09. The zero-order valence-electron chi connectivity index (χ0n) is 11.3. The van der Waals surface area contributed by atoms with Crippen LogP contribution in [0.1, 0.15) is 20.3 Å². The zero-order valence-corrected chi connectivity index (χ0v) is 11.3. The fourth-order valence-electron chi connectivity index (χ4n) is 1.59. The highest BCUT2D eigenvalue weighted by molar-refractivity contribution is 4.63. The predicted octanol–water partition coefficient (Wildman–Crippen LogP) is 0.657. The Balaban J connectivity index is 3.64. The van der Waals surface area contributed by atoms with Gasteiger partial charge in [0.2, 0.25) is 0 Å². The summed E-state index contributed by atoms with van der Waals surface area (Å²) < 4.78 is 5.20. The molecule has 0 aliphatic rings. The van der Waals surface area contributed by atoms with Crippen molar-refractivity contribution in [3.8, 4) is 0 Å². The minimum absolute atomic E-state index is 0.362. The average molecular weight is 232 g/mol. The first-order valence-electron chi connectivity index (χ1n) is 6.23. The van der Waals surface area contributed by atoms with E-state index in [1.54, 1.807) is 0 Å². The smallest absolute Gasteiger partial charge is 0.0900 e. The molecule has 0 bridgehead atoms. The molecule has 0 spiro atoms. The SMILES string of the molecule is CCOCC(O)CN(CC)CCCN(C)C. The van der Waals surface area contributed by atoms with E-state index >= 15 is 0 Å². The van der Waals surface area contributed by atoms with Crippen LogP contribution in [0.3, 0.4) is 0 Å². The van der Waals surface area contributed by atoms with E-state index in [0.29, 0.717) is 19.8 Å². The summed E-state index contributed by atoms with van der Waals surface area (Å²) in [4.78, 5) is 4.46. The van der Waals surface area contributed by atoms with Crippen LogP contribution in [0, 0.1) is 0 Å². The highest BCUT2D eigenvalue weighted by Crippen LogP contribution is 1.96. The lowest BCUT2D eigenvalue weighted by Gasteiger charge is -2.24. The average Bonchev–Trinajstić information content (AvgIpc) is 2.24. The molecule has 1 N–H and O–H groups in total. The molecule has 0 aliphatic carbocycles. The van der Waals surface area contributed by atoms with Crippen LogP contribution >= 0.6 is 0 Å². The van der Waals surface area contributed by atoms with Crippen molar-refractivity contribution in [3.63, 3.8) is 0 Å². The first-order valence-corrected chi connectivity index (χ1v) is 6.23. The second kappa shape index (κ2) is 10.0. The molecular formula is C12H28N2O2. The number of aliphatic hydroxyl groups is 1. The van der Waals surface area contributed by atoms with Gasteiger partial charge in [0.15, 0.2) is 0 Å². The largest absolute Gasteiger partial charge is 0.389 e. The summed E-state index contributed by atoms with van der Waals surface area (Å²) in [5.41, 5.74) is 0. The Labute approximate surface area is 100 Å². The van der Waals surface area contributed by atoms with E-state index in [9.17, 15) is 5.11 Å². The number of likely N-dealkylation sites (N-methyl/N-ethyl adjacent to an activating group) is 1. The van der Waals surface area contributed by atoms with Crippen molar-refractivity contribution in [2.75, 3.05) is 53.5 Å². The maximum absolute atomic E-state index is 9.71. The van der Waals surface area contributed by atoms with Gasteiger partial charge in [-0.3, -0.25) is 0 Å². The Hall–Kier alpha value is -0.160. The van der Waals surface area contributed by atoms with E-state index in [0.717, 1.165) is 26.1 Å². The van der Waals surface area contributed by atoms with Gasteiger partial charge in [0, 0.05) is 13.2 Å². The first-order chi connectivity index (χ1) is 7.60. The minimum Gasteiger partial charge on any atom is -0.389 e. The molecule has 0 radical (unpaired) electrons. The lowest BCUT2D eigenvalue weighted by atomic mass is 10.3. The first kappa shape index (κ1) is 15.8. The summed E-state index contributed by atoms with van der Waals surface area (Å²) in [7, 11) is 4.17. The molecule has 0 aliphatic heterocycles. The molecule has 98 valence electrons. The van der Waals surface area contributed by atoms with Gasteiger partial charge in [-0.25, -0.2) is 0 Å². The van der Waals surface area contributed by atoms with Gasteiger partial charge in [-0.1, -0.05) is 6.92 Å². The van der Waals surface area contributed by atoms with Crippen LogP contribution in [0.4, 0.5) is 0 Å². The Bertz CT molecular complexity index is 154. The fourth-order valence-corrected chi connectivity index (χ4v) is 1.59. The van der Waals surface area contributed by atoms with E-state index < -0.39 is 0 Å².